The van der Waals surface area contributed by atoms with Crippen molar-refractivity contribution in [2.24, 2.45) is 0 Å². The molecule has 0 saturated heterocycles. The number of alkyl halides is 1. The summed E-state index contributed by atoms with van der Waals surface area (Å²) in [7, 11) is -3.51. The molecule has 20 heavy (non-hydrogen) atoms. The molecule has 0 amide bonds. The van der Waals surface area contributed by atoms with Gasteiger partial charge in [-0.15, -0.1) is 11.6 Å². The zero-order chi connectivity index (χ0) is 14.6. The van der Waals surface area contributed by atoms with E-state index >= 15 is 0 Å². The molecule has 5 heteroatoms. The van der Waals surface area contributed by atoms with Crippen LogP contribution in [0.15, 0.2) is 53.7 Å². The van der Waals surface area contributed by atoms with Gasteiger partial charge in [-0.05, 0) is 37.1 Å². The molecule has 0 N–H and O–H groups in total. The molecule has 0 bridgehead atoms. The lowest BCUT2D eigenvalue weighted by Gasteiger charge is -2.05. The fraction of sp³-hybridized carbons (Fsp3) is 0.200. The van der Waals surface area contributed by atoms with Crippen molar-refractivity contribution in [2.45, 2.75) is 18.2 Å². The number of halogens is 1. The lowest BCUT2D eigenvalue weighted by atomic mass is 10.2. The van der Waals surface area contributed by atoms with Crippen molar-refractivity contribution in [3.63, 3.8) is 0 Å². The van der Waals surface area contributed by atoms with Crippen LogP contribution in [0.25, 0.3) is 6.08 Å². The second kappa shape index (κ2) is 6.29. The molecular weight excluding hydrogens is 294 g/mol. The van der Waals surface area contributed by atoms with Gasteiger partial charge in [-0.1, -0.05) is 29.8 Å². The van der Waals surface area contributed by atoms with E-state index in [1.54, 1.807) is 42.7 Å². The summed E-state index contributed by atoms with van der Waals surface area (Å²) in [6, 6.07) is 8.58. The summed E-state index contributed by atoms with van der Waals surface area (Å²) >= 11 is 5.59. The number of aromatic nitrogens is 1. The van der Waals surface area contributed by atoms with Gasteiger partial charge in [0.25, 0.3) is 10.0 Å². The van der Waals surface area contributed by atoms with Crippen molar-refractivity contribution in [1.29, 1.82) is 0 Å². The number of aryl methyl sites for hydroxylation is 1. The third kappa shape index (κ3) is 3.32. The van der Waals surface area contributed by atoms with Gasteiger partial charge in [0.15, 0.2) is 0 Å². The molecule has 1 heterocycles. The summed E-state index contributed by atoms with van der Waals surface area (Å²) < 4.78 is 26.0. The summed E-state index contributed by atoms with van der Waals surface area (Å²) in [6.07, 6.45) is 7.70. The largest absolute Gasteiger partial charge is 0.267 e. The van der Waals surface area contributed by atoms with Crippen LogP contribution in [0.4, 0.5) is 0 Å². The number of rotatable bonds is 5. The van der Waals surface area contributed by atoms with Crippen molar-refractivity contribution in [3.05, 3.63) is 59.9 Å². The number of allylic oxidation sites excluding steroid dienone is 1. The topological polar surface area (TPSA) is 39.1 Å². The maximum Gasteiger partial charge on any atom is 0.267 e. The Morgan fingerprint density at radius 1 is 1.20 bits per heavy atom. The Balaban J connectivity index is 2.28. The van der Waals surface area contributed by atoms with Crippen LogP contribution in [-0.2, 0) is 10.0 Å². The first-order valence-corrected chi connectivity index (χ1v) is 8.24. The molecule has 3 nitrogen and oxygen atoms in total. The van der Waals surface area contributed by atoms with Crippen LogP contribution >= 0.6 is 11.6 Å². The number of hydrogen-bond donors (Lipinski definition) is 0. The van der Waals surface area contributed by atoms with Gasteiger partial charge in [-0.2, -0.15) is 0 Å². The predicted molar refractivity (Wildman–Crippen MR) is 82.6 cm³/mol. The fourth-order valence-corrected chi connectivity index (χ4v) is 3.09. The van der Waals surface area contributed by atoms with E-state index in [0.717, 1.165) is 17.5 Å². The van der Waals surface area contributed by atoms with Crippen LogP contribution in [0, 0.1) is 6.92 Å². The molecule has 0 fully saturated rings. The van der Waals surface area contributed by atoms with E-state index in [4.69, 9.17) is 11.6 Å². The van der Waals surface area contributed by atoms with Gasteiger partial charge < -0.3 is 0 Å². The molecule has 0 spiro atoms. The van der Waals surface area contributed by atoms with E-state index in [9.17, 15) is 8.42 Å². The highest BCUT2D eigenvalue weighted by Crippen LogP contribution is 2.16. The Labute approximate surface area is 124 Å². The summed E-state index contributed by atoms with van der Waals surface area (Å²) in [5.41, 5.74) is 1.87. The van der Waals surface area contributed by atoms with Crippen molar-refractivity contribution >= 4 is 27.7 Å². The zero-order valence-electron chi connectivity index (χ0n) is 11.2. The first-order chi connectivity index (χ1) is 9.54. The van der Waals surface area contributed by atoms with Crippen LogP contribution in [-0.4, -0.2) is 18.3 Å². The summed E-state index contributed by atoms with van der Waals surface area (Å²) in [6.45, 7) is 1.92. The Morgan fingerprint density at radius 3 is 2.55 bits per heavy atom. The van der Waals surface area contributed by atoms with Gasteiger partial charge in [0, 0.05) is 18.3 Å². The van der Waals surface area contributed by atoms with E-state index in [2.05, 4.69) is 0 Å². The SMILES string of the molecule is Cc1ccc(S(=O)(=O)n2ccc(/C=C/CCCl)c2)cc1. The molecule has 0 aliphatic carbocycles. The molecule has 1 aromatic carbocycles. The van der Waals surface area contributed by atoms with Crippen LogP contribution < -0.4 is 0 Å². The van der Waals surface area contributed by atoms with Crippen LogP contribution in [0.2, 0.25) is 0 Å². The molecule has 2 aromatic rings. The average molecular weight is 310 g/mol. The third-order valence-corrected chi connectivity index (χ3v) is 4.74. The maximum absolute atomic E-state index is 12.4. The molecular formula is C15H16ClNO2S. The highest BCUT2D eigenvalue weighted by molar-refractivity contribution is 7.90. The first-order valence-electron chi connectivity index (χ1n) is 6.27. The minimum absolute atomic E-state index is 0.287. The van der Waals surface area contributed by atoms with Gasteiger partial charge in [0.1, 0.15) is 0 Å². The van der Waals surface area contributed by atoms with E-state index in [0.29, 0.717) is 5.88 Å². The average Bonchev–Trinajstić information content (AvgIpc) is 2.89. The number of hydrogen-bond acceptors (Lipinski definition) is 2. The van der Waals surface area contributed by atoms with Crippen LogP contribution in [0.3, 0.4) is 0 Å². The van der Waals surface area contributed by atoms with E-state index < -0.39 is 10.0 Å². The van der Waals surface area contributed by atoms with Gasteiger partial charge in [0.05, 0.1) is 4.90 Å². The monoisotopic (exact) mass is 309 g/mol. The second-order valence-electron chi connectivity index (χ2n) is 4.47. The third-order valence-electron chi connectivity index (χ3n) is 2.87. The molecule has 0 atom stereocenters. The van der Waals surface area contributed by atoms with E-state index in [-0.39, 0.29) is 4.90 Å². The molecule has 1 aromatic heterocycles. The lowest BCUT2D eigenvalue weighted by molar-refractivity contribution is 0.587. The fourth-order valence-electron chi connectivity index (χ4n) is 1.75. The molecule has 0 unspecified atom stereocenters. The Morgan fingerprint density at radius 2 is 1.90 bits per heavy atom. The van der Waals surface area contributed by atoms with Gasteiger partial charge in [-0.3, -0.25) is 0 Å². The highest BCUT2D eigenvalue weighted by Gasteiger charge is 2.15. The normalized spacial score (nSPS) is 12.1. The minimum atomic E-state index is -3.51. The molecule has 2 rings (SSSR count). The van der Waals surface area contributed by atoms with Gasteiger partial charge in [0.2, 0.25) is 0 Å². The van der Waals surface area contributed by atoms with Crippen LogP contribution in [0.5, 0.6) is 0 Å². The Bertz CT molecular complexity index is 700. The number of nitrogens with zero attached hydrogens (tertiary/aromatic N) is 1. The molecule has 0 radical (unpaired) electrons. The van der Waals surface area contributed by atoms with Gasteiger partial charge >= 0.3 is 0 Å². The second-order valence-corrected chi connectivity index (χ2v) is 6.69. The maximum atomic E-state index is 12.4. The smallest absolute Gasteiger partial charge is 0.248 e. The summed E-state index contributed by atoms with van der Waals surface area (Å²) in [4.78, 5) is 0.287. The van der Waals surface area contributed by atoms with Crippen molar-refractivity contribution < 1.29 is 8.42 Å². The minimum Gasteiger partial charge on any atom is -0.248 e. The highest BCUT2D eigenvalue weighted by atomic mass is 35.5. The van der Waals surface area contributed by atoms with Gasteiger partial charge in [-0.25, -0.2) is 12.4 Å². The van der Waals surface area contributed by atoms with Crippen molar-refractivity contribution in [1.82, 2.24) is 3.97 Å². The Kier molecular flexibility index (Phi) is 4.68. The molecule has 0 saturated carbocycles. The molecule has 0 aliphatic rings. The molecule has 0 aliphatic heterocycles. The molecule has 106 valence electrons. The lowest BCUT2D eigenvalue weighted by Crippen LogP contribution is -2.10. The summed E-state index contributed by atoms with van der Waals surface area (Å²) in [5, 5.41) is 0. The van der Waals surface area contributed by atoms with Crippen molar-refractivity contribution in [3.8, 4) is 0 Å². The Hall–Kier alpha value is -1.52. The first kappa shape index (κ1) is 14.9. The standard InChI is InChI=1S/C15H16ClNO2S/c1-13-5-7-15(8-6-13)20(18,19)17-11-9-14(12-17)4-2-3-10-16/h2,4-9,11-12H,3,10H2,1H3/b4-2+. The number of benzene rings is 1. The van der Waals surface area contributed by atoms with E-state index in [1.807, 2.05) is 19.1 Å². The van der Waals surface area contributed by atoms with Crippen molar-refractivity contribution in [2.75, 3.05) is 5.88 Å². The zero-order valence-corrected chi connectivity index (χ0v) is 12.7. The van der Waals surface area contributed by atoms with E-state index in [1.165, 1.54) is 3.97 Å². The predicted octanol–water partition coefficient (Wildman–Crippen LogP) is 3.68. The quantitative estimate of drug-likeness (QED) is 0.790. The summed E-state index contributed by atoms with van der Waals surface area (Å²) in [5.74, 6) is 0.554. The van der Waals surface area contributed by atoms with Crippen LogP contribution in [0.1, 0.15) is 17.5 Å².